The Morgan fingerprint density at radius 1 is 1.03 bits per heavy atom. The van der Waals surface area contributed by atoms with Crippen molar-refractivity contribution in [2.45, 2.75) is 13.0 Å². The Kier molecular flexibility index (Phi) is 5.29. The third kappa shape index (κ3) is 3.80. The van der Waals surface area contributed by atoms with Crippen molar-refractivity contribution in [1.29, 1.82) is 0 Å². The minimum atomic E-state index is -1.19. The third-order valence-electron chi connectivity index (χ3n) is 4.84. The molecule has 0 fully saturated rings. The molecule has 0 spiro atoms. The molecule has 3 aromatic carbocycles. The van der Waals surface area contributed by atoms with Gasteiger partial charge in [-0.15, -0.1) is 0 Å². The first kappa shape index (κ1) is 19.7. The standard InChI is InChI=1S/C24H17ClO5/c1-14-20(29-23(24(27)28)16-5-3-2-4-6-16)12-11-18-19(13-21(26)30-22(14)18)15-7-9-17(25)10-8-15/h2-13,23H,1H3,(H,27,28). The van der Waals surface area contributed by atoms with E-state index in [1.807, 2.05) is 12.1 Å². The highest BCUT2D eigenvalue weighted by Crippen LogP contribution is 2.35. The molecule has 4 rings (SSSR count). The van der Waals surface area contributed by atoms with Gasteiger partial charge < -0.3 is 14.3 Å². The van der Waals surface area contributed by atoms with Gasteiger partial charge in [0.25, 0.3) is 0 Å². The fourth-order valence-electron chi connectivity index (χ4n) is 3.35. The number of aryl methyl sites for hydroxylation is 1. The van der Waals surface area contributed by atoms with Crippen molar-refractivity contribution in [2.24, 2.45) is 0 Å². The summed E-state index contributed by atoms with van der Waals surface area (Å²) in [5, 5.41) is 11.0. The Morgan fingerprint density at radius 2 is 1.73 bits per heavy atom. The zero-order valence-corrected chi connectivity index (χ0v) is 16.7. The van der Waals surface area contributed by atoms with Crippen LogP contribution in [0.5, 0.6) is 5.75 Å². The molecule has 0 saturated carbocycles. The van der Waals surface area contributed by atoms with E-state index in [9.17, 15) is 14.7 Å². The van der Waals surface area contributed by atoms with E-state index in [1.165, 1.54) is 6.07 Å². The van der Waals surface area contributed by atoms with Gasteiger partial charge in [-0.05, 0) is 42.3 Å². The molecule has 1 N–H and O–H groups in total. The lowest BCUT2D eigenvalue weighted by atomic mass is 10.00. The maximum atomic E-state index is 12.2. The molecule has 1 heterocycles. The number of fused-ring (bicyclic) bond motifs is 1. The van der Waals surface area contributed by atoms with E-state index >= 15 is 0 Å². The average molecular weight is 421 g/mol. The summed E-state index contributed by atoms with van der Waals surface area (Å²) >= 11 is 5.97. The largest absolute Gasteiger partial charge is 0.478 e. The van der Waals surface area contributed by atoms with E-state index in [-0.39, 0.29) is 0 Å². The van der Waals surface area contributed by atoms with Crippen LogP contribution in [0.25, 0.3) is 22.1 Å². The number of hydrogen-bond acceptors (Lipinski definition) is 4. The topological polar surface area (TPSA) is 76.7 Å². The number of carbonyl (C=O) groups is 1. The van der Waals surface area contributed by atoms with Crippen molar-refractivity contribution < 1.29 is 19.1 Å². The van der Waals surface area contributed by atoms with E-state index in [0.717, 1.165) is 5.56 Å². The van der Waals surface area contributed by atoms with Gasteiger partial charge >= 0.3 is 11.6 Å². The lowest BCUT2D eigenvalue weighted by Crippen LogP contribution is -2.18. The van der Waals surface area contributed by atoms with Gasteiger partial charge in [0.05, 0.1) is 0 Å². The van der Waals surface area contributed by atoms with E-state index in [2.05, 4.69) is 0 Å². The minimum Gasteiger partial charge on any atom is -0.478 e. The highest BCUT2D eigenvalue weighted by molar-refractivity contribution is 6.30. The molecule has 0 bridgehead atoms. The Labute approximate surface area is 177 Å². The molecule has 4 aromatic rings. The minimum absolute atomic E-state index is 0.329. The van der Waals surface area contributed by atoms with E-state index in [4.69, 9.17) is 20.8 Å². The lowest BCUT2D eigenvalue weighted by Gasteiger charge is -2.18. The number of carboxylic acid groups (broad SMARTS) is 1. The molecule has 1 unspecified atom stereocenters. The number of rotatable bonds is 5. The van der Waals surface area contributed by atoms with Gasteiger partial charge in [-0.25, -0.2) is 9.59 Å². The first-order valence-corrected chi connectivity index (χ1v) is 9.59. The van der Waals surface area contributed by atoms with Crippen LogP contribution < -0.4 is 10.4 Å². The van der Waals surface area contributed by atoms with Crippen LogP contribution in [0.4, 0.5) is 0 Å². The van der Waals surface area contributed by atoms with Crippen molar-refractivity contribution >= 4 is 28.5 Å². The molecule has 0 aliphatic carbocycles. The van der Waals surface area contributed by atoms with Crippen molar-refractivity contribution in [2.75, 3.05) is 0 Å². The summed E-state index contributed by atoms with van der Waals surface area (Å²) in [5.41, 5.74) is 2.42. The summed E-state index contributed by atoms with van der Waals surface area (Å²) in [7, 11) is 0. The predicted octanol–water partition coefficient (Wildman–Crippen LogP) is 5.63. The Bertz CT molecular complexity index is 1280. The highest BCUT2D eigenvalue weighted by atomic mass is 35.5. The SMILES string of the molecule is Cc1c(OC(C(=O)O)c2ccccc2)ccc2c(-c3ccc(Cl)cc3)cc(=O)oc12. The first-order chi connectivity index (χ1) is 14.4. The van der Waals surface area contributed by atoms with Crippen molar-refractivity contribution in [3.63, 3.8) is 0 Å². The number of benzene rings is 3. The van der Waals surface area contributed by atoms with Crippen molar-refractivity contribution in [1.82, 2.24) is 0 Å². The van der Waals surface area contributed by atoms with Crippen LogP contribution in [0.15, 0.2) is 82.0 Å². The Hall–Kier alpha value is -3.57. The number of halogens is 1. The molecule has 0 radical (unpaired) electrons. The van der Waals surface area contributed by atoms with Crippen LogP contribution in [0.3, 0.4) is 0 Å². The number of hydrogen-bond donors (Lipinski definition) is 1. The van der Waals surface area contributed by atoms with Gasteiger partial charge in [-0.2, -0.15) is 0 Å². The van der Waals surface area contributed by atoms with Crippen LogP contribution in [0, 0.1) is 6.92 Å². The predicted molar refractivity (Wildman–Crippen MR) is 115 cm³/mol. The Balaban J connectivity index is 1.82. The van der Waals surface area contributed by atoms with Gasteiger partial charge in [0.1, 0.15) is 11.3 Å². The second kappa shape index (κ2) is 8.05. The fourth-order valence-corrected chi connectivity index (χ4v) is 3.48. The summed E-state index contributed by atoms with van der Waals surface area (Å²) < 4.78 is 11.3. The van der Waals surface area contributed by atoms with E-state index in [1.54, 1.807) is 61.5 Å². The Morgan fingerprint density at radius 3 is 2.40 bits per heavy atom. The molecule has 1 atom stereocenters. The second-order valence-electron chi connectivity index (χ2n) is 6.80. The highest BCUT2D eigenvalue weighted by Gasteiger charge is 2.23. The first-order valence-electron chi connectivity index (χ1n) is 9.22. The summed E-state index contributed by atoms with van der Waals surface area (Å²) in [6, 6.07) is 20.7. The fraction of sp³-hybridized carbons (Fsp3) is 0.0833. The summed E-state index contributed by atoms with van der Waals surface area (Å²) in [6.07, 6.45) is -1.19. The molecular weight excluding hydrogens is 404 g/mol. The van der Waals surface area contributed by atoms with Crippen LogP contribution >= 0.6 is 11.6 Å². The maximum absolute atomic E-state index is 12.2. The van der Waals surface area contributed by atoms with Gasteiger partial charge in [-0.3, -0.25) is 0 Å². The monoisotopic (exact) mass is 420 g/mol. The van der Waals surface area contributed by atoms with Gasteiger partial charge in [0, 0.05) is 27.6 Å². The summed E-state index contributed by atoms with van der Waals surface area (Å²) in [5.74, 6) is -0.785. The molecule has 0 aliphatic rings. The molecule has 0 amide bonds. The molecule has 0 saturated heterocycles. The average Bonchev–Trinajstić information content (AvgIpc) is 2.74. The van der Waals surface area contributed by atoms with Crippen molar-refractivity contribution in [3.05, 3.63) is 99.4 Å². The third-order valence-corrected chi connectivity index (χ3v) is 5.09. The van der Waals surface area contributed by atoms with Crippen LogP contribution in [0.1, 0.15) is 17.2 Å². The van der Waals surface area contributed by atoms with Crippen LogP contribution in [0.2, 0.25) is 5.02 Å². The molecule has 6 heteroatoms. The van der Waals surface area contributed by atoms with Gasteiger partial charge in [0.15, 0.2) is 0 Å². The second-order valence-corrected chi connectivity index (χ2v) is 7.23. The molecule has 5 nitrogen and oxygen atoms in total. The van der Waals surface area contributed by atoms with Crippen molar-refractivity contribution in [3.8, 4) is 16.9 Å². The number of ether oxygens (including phenoxy) is 1. The maximum Gasteiger partial charge on any atom is 0.349 e. The van der Waals surface area contributed by atoms with Gasteiger partial charge in [-0.1, -0.05) is 54.1 Å². The normalized spacial score (nSPS) is 11.9. The zero-order valence-electron chi connectivity index (χ0n) is 16.0. The van der Waals surface area contributed by atoms with E-state index < -0.39 is 17.7 Å². The molecule has 1 aromatic heterocycles. The quantitative estimate of drug-likeness (QED) is 0.423. The number of carboxylic acids is 1. The smallest absolute Gasteiger partial charge is 0.349 e. The van der Waals surface area contributed by atoms with Crippen LogP contribution in [-0.2, 0) is 4.79 Å². The number of aliphatic carboxylic acids is 1. The molecule has 0 aliphatic heterocycles. The zero-order chi connectivity index (χ0) is 21.3. The van der Waals surface area contributed by atoms with Crippen LogP contribution in [-0.4, -0.2) is 11.1 Å². The summed E-state index contributed by atoms with van der Waals surface area (Å²) in [6.45, 7) is 1.73. The molecule has 150 valence electrons. The van der Waals surface area contributed by atoms with Gasteiger partial charge in [0.2, 0.25) is 6.10 Å². The van der Waals surface area contributed by atoms with E-state index in [0.29, 0.717) is 38.4 Å². The summed E-state index contributed by atoms with van der Waals surface area (Å²) in [4.78, 5) is 24.0. The molecule has 30 heavy (non-hydrogen) atoms. The lowest BCUT2D eigenvalue weighted by molar-refractivity contribution is -0.145. The molecular formula is C24H17ClO5.